The number of hydrogen-bond acceptors (Lipinski definition) is 2. The summed E-state index contributed by atoms with van der Waals surface area (Å²) in [5.41, 5.74) is 2.62. The summed E-state index contributed by atoms with van der Waals surface area (Å²) in [6, 6.07) is 2.65. The molecule has 0 aliphatic carbocycles. The van der Waals surface area contributed by atoms with Gasteiger partial charge in [0.15, 0.2) is 0 Å². The second kappa shape index (κ2) is 6.64. The van der Waals surface area contributed by atoms with E-state index in [9.17, 15) is 0 Å². The lowest BCUT2D eigenvalue weighted by Crippen LogP contribution is -2.26. The normalized spacial score (nSPS) is 13.1. The molecule has 1 unspecified atom stereocenters. The van der Waals surface area contributed by atoms with E-state index in [4.69, 9.17) is 0 Å². The molecule has 1 atom stereocenters. The molecule has 0 bridgehead atoms. The van der Waals surface area contributed by atoms with Crippen LogP contribution >= 0.6 is 0 Å². The van der Waals surface area contributed by atoms with E-state index >= 15 is 0 Å². The highest BCUT2D eigenvalue weighted by Crippen LogP contribution is 2.08. The van der Waals surface area contributed by atoms with E-state index in [0.29, 0.717) is 6.04 Å². The number of rotatable bonds is 6. The average molecular weight is 220 g/mol. The van der Waals surface area contributed by atoms with Crippen LogP contribution in [0.25, 0.3) is 0 Å². The van der Waals surface area contributed by atoms with Crippen molar-refractivity contribution >= 4 is 0 Å². The highest BCUT2D eigenvalue weighted by molar-refractivity contribution is 5.21. The van der Waals surface area contributed by atoms with Crippen molar-refractivity contribution in [1.29, 1.82) is 0 Å². The molecule has 0 radical (unpaired) electrons. The Morgan fingerprint density at radius 1 is 1.25 bits per heavy atom. The van der Waals surface area contributed by atoms with Crippen molar-refractivity contribution in [2.24, 2.45) is 5.92 Å². The van der Waals surface area contributed by atoms with Crippen molar-refractivity contribution in [2.75, 3.05) is 0 Å². The van der Waals surface area contributed by atoms with E-state index in [-0.39, 0.29) is 0 Å². The lowest BCUT2D eigenvalue weighted by molar-refractivity contribution is 0.450. The van der Waals surface area contributed by atoms with E-state index in [2.05, 4.69) is 44.1 Å². The predicted octanol–water partition coefficient (Wildman–Crippen LogP) is 3.30. The van der Waals surface area contributed by atoms with Gasteiger partial charge < -0.3 is 5.32 Å². The fraction of sp³-hybridized carbons (Fsp3) is 0.643. The summed E-state index contributed by atoms with van der Waals surface area (Å²) in [6.45, 7) is 9.88. The third kappa shape index (κ3) is 4.75. The largest absolute Gasteiger partial charge is 0.310 e. The van der Waals surface area contributed by atoms with Crippen molar-refractivity contribution in [3.05, 3.63) is 29.6 Å². The molecule has 16 heavy (non-hydrogen) atoms. The zero-order valence-corrected chi connectivity index (χ0v) is 11.0. The van der Waals surface area contributed by atoms with Crippen molar-refractivity contribution < 1.29 is 0 Å². The Bertz CT molecular complexity index is 307. The van der Waals surface area contributed by atoms with Crippen LogP contribution in [-0.4, -0.2) is 11.0 Å². The smallest absolute Gasteiger partial charge is 0.0315 e. The van der Waals surface area contributed by atoms with Crippen molar-refractivity contribution in [3.63, 3.8) is 0 Å². The maximum atomic E-state index is 4.16. The number of nitrogens with zero attached hydrogens (tertiary/aromatic N) is 1. The molecular weight excluding hydrogens is 196 g/mol. The van der Waals surface area contributed by atoms with Crippen LogP contribution in [0.2, 0.25) is 0 Å². The van der Waals surface area contributed by atoms with E-state index < -0.39 is 0 Å². The number of pyridine rings is 1. The molecule has 90 valence electrons. The van der Waals surface area contributed by atoms with E-state index in [1.165, 1.54) is 24.0 Å². The van der Waals surface area contributed by atoms with Crippen molar-refractivity contribution in [1.82, 2.24) is 10.3 Å². The zero-order chi connectivity index (χ0) is 12.0. The molecular formula is C14H24N2. The van der Waals surface area contributed by atoms with Crippen LogP contribution in [0.3, 0.4) is 0 Å². The predicted molar refractivity (Wildman–Crippen MR) is 69.3 cm³/mol. The first-order valence-corrected chi connectivity index (χ1v) is 6.22. The maximum absolute atomic E-state index is 4.16. The van der Waals surface area contributed by atoms with Crippen LogP contribution in [0.5, 0.6) is 0 Å². The second-order valence-corrected chi connectivity index (χ2v) is 5.06. The first-order chi connectivity index (χ1) is 7.59. The lowest BCUT2D eigenvalue weighted by atomic mass is 10.0. The molecule has 1 N–H and O–H groups in total. The molecule has 1 heterocycles. The fourth-order valence-electron chi connectivity index (χ4n) is 1.65. The molecule has 0 fully saturated rings. The molecule has 0 spiro atoms. The van der Waals surface area contributed by atoms with Gasteiger partial charge in [0.05, 0.1) is 0 Å². The third-order valence-corrected chi connectivity index (χ3v) is 2.97. The van der Waals surface area contributed by atoms with Crippen LogP contribution in [-0.2, 0) is 6.54 Å². The molecule has 0 amide bonds. The van der Waals surface area contributed by atoms with Crippen LogP contribution in [0, 0.1) is 12.8 Å². The maximum Gasteiger partial charge on any atom is 0.0315 e. The Labute approximate surface area is 99.5 Å². The highest BCUT2D eigenvalue weighted by atomic mass is 14.9. The zero-order valence-electron chi connectivity index (χ0n) is 11.0. The van der Waals surface area contributed by atoms with E-state index in [0.717, 1.165) is 12.5 Å². The minimum absolute atomic E-state index is 0.585. The second-order valence-electron chi connectivity index (χ2n) is 5.06. The van der Waals surface area contributed by atoms with Crippen molar-refractivity contribution in [3.8, 4) is 0 Å². The van der Waals surface area contributed by atoms with Gasteiger partial charge in [0.1, 0.15) is 0 Å². The first-order valence-electron chi connectivity index (χ1n) is 6.22. The van der Waals surface area contributed by atoms with Gasteiger partial charge in [-0.25, -0.2) is 0 Å². The molecule has 0 saturated carbocycles. The SMILES string of the molecule is Cc1ccncc1CNC(C)CCC(C)C. The minimum atomic E-state index is 0.585. The number of aryl methyl sites for hydroxylation is 1. The summed E-state index contributed by atoms with van der Waals surface area (Å²) >= 11 is 0. The van der Waals surface area contributed by atoms with Gasteiger partial charge in [-0.05, 0) is 49.8 Å². The Hall–Kier alpha value is -0.890. The molecule has 0 aliphatic rings. The fourth-order valence-corrected chi connectivity index (χ4v) is 1.65. The minimum Gasteiger partial charge on any atom is -0.310 e. The first kappa shape index (κ1) is 13.2. The lowest BCUT2D eigenvalue weighted by Gasteiger charge is -2.15. The number of aromatic nitrogens is 1. The summed E-state index contributed by atoms with van der Waals surface area (Å²) in [6.07, 6.45) is 6.34. The monoisotopic (exact) mass is 220 g/mol. The van der Waals surface area contributed by atoms with Gasteiger partial charge in [-0.2, -0.15) is 0 Å². The van der Waals surface area contributed by atoms with Crippen LogP contribution in [0.4, 0.5) is 0 Å². The molecule has 0 aliphatic heterocycles. The molecule has 1 aromatic heterocycles. The molecule has 0 aromatic carbocycles. The van der Waals surface area contributed by atoms with Crippen LogP contribution in [0.15, 0.2) is 18.5 Å². The molecule has 1 aromatic rings. The summed E-state index contributed by atoms with van der Waals surface area (Å²) in [7, 11) is 0. The van der Waals surface area contributed by atoms with Gasteiger partial charge in [-0.1, -0.05) is 13.8 Å². The molecule has 2 heteroatoms. The summed E-state index contributed by atoms with van der Waals surface area (Å²) < 4.78 is 0. The summed E-state index contributed by atoms with van der Waals surface area (Å²) in [4.78, 5) is 4.16. The number of nitrogens with one attached hydrogen (secondary N) is 1. The average Bonchev–Trinajstić information content (AvgIpc) is 2.25. The Morgan fingerprint density at radius 3 is 2.62 bits per heavy atom. The summed E-state index contributed by atoms with van der Waals surface area (Å²) in [5.74, 6) is 0.796. The van der Waals surface area contributed by atoms with Gasteiger partial charge in [0, 0.05) is 25.0 Å². The van der Waals surface area contributed by atoms with Crippen LogP contribution in [0.1, 0.15) is 44.7 Å². The topological polar surface area (TPSA) is 24.9 Å². The van der Waals surface area contributed by atoms with Gasteiger partial charge in [-0.3, -0.25) is 4.98 Å². The Balaban J connectivity index is 2.31. The molecule has 0 saturated heterocycles. The van der Waals surface area contributed by atoms with E-state index in [1.807, 2.05) is 12.4 Å². The van der Waals surface area contributed by atoms with Crippen molar-refractivity contribution in [2.45, 2.75) is 53.1 Å². The van der Waals surface area contributed by atoms with Gasteiger partial charge in [0.25, 0.3) is 0 Å². The van der Waals surface area contributed by atoms with E-state index in [1.54, 1.807) is 0 Å². The quantitative estimate of drug-likeness (QED) is 0.795. The summed E-state index contributed by atoms with van der Waals surface area (Å²) in [5, 5.41) is 3.56. The Morgan fingerprint density at radius 2 is 2.00 bits per heavy atom. The van der Waals surface area contributed by atoms with Gasteiger partial charge >= 0.3 is 0 Å². The third-order valence-electron chi connectivity index (χ3n) is 2.97. The van der Waals surface area contributed by atoms with Crippen LogP contribution < -0.4 is 5.32 Å². The Kier molecular flexibility index (Phi) is 5.47. The molecule has 2 nitrogen and oxygen atoms in total. The van der Waals surface area contributed by atoms with Gasteiger partial charge in [0.2, 0.25) is 0 Å². The number of hydrogen-bond donors (Lipinski definition) is 1. The molecule has 1 rings (SSSR count). The standard InChI is InChI=1S/C14H24N2/c1-11(2)5-6-13(4)16-10-14-9-15-8-7-12(14)3/h7-9,11,13,16H,5-6,10H2,1-4H3. The highest BCUT2D eigenvalue weighted by Gasteiger charge is 2.04. The van der Waals surface area contributed by atoms with Gasteiger partial charge in [-0.15, -0.1) is 0 Å².